The Morgan fingerprint density at radius 2 is 1.55 bits per heavy atom. The van der Waals surface area contributed by atoms with E-state index in [9.17, 15) is 0 Å². The second kappa shape index (κ2) is 7.10. The third-order valence-electron chi connectivity index (χ3n) is 3.73. The highest BCUT2D eigenvalue weighted by molar-refractivity contribution is 5.85. The molecule has 0 bridgehead atoms. The first kappa shape index (κ1) is 14.6. The fraction of sp³-hybridized carbons (Fsp3) is 0.200. The number of hydrogen-bond donors (Lipinski definition) is 0. The molecule has 0 radical (unpaired) electrons. The van der Waals surface area contributed by atoms with Crippen LogP contribution in [0.4, 0.5) is 5.69 Å². The Kier molecular flexibility index (Phi) is 4.71. The standard InChI is InChI=1S/C20H21NO/c1-2-15-21(19-12-4-3-5-13-19)22-16-18-11-8-10-17-9-6-7-14-20(17)18/h3-14H,2,15-16H2,1H3. The molecule has 0 atom stereocenters. The number of anilines is 1. The van der Waals surface area contributed by atoms with E-state index < -0.39 is 0 Å². The van der Waals surface area contributed by atoms with Gasteiger partial charge in [-0.25, -0.2) is 0 Å². The Balaban J connectivity index is 1.79. The van der Waals surface area contributed by atoms with Crippen LogP contribution in [0, 0.1) is 0 Å². The third kappa shape index (κ3) is 3.29. The van der Waals surface area contributed by atoms with Gasteiger partial charge in [-0.05, 0) is 34.9 Å². The van der Waals surface area contributed by atoms with Crippen LogP contribution in [-0.2, 0) is 11.4 Å². The van der Waals surface area contributed by atoms with Crippen molar-refractivity contribution in [2.75, 3.05) is 11.6 Å². The average Bonchev–Trinajstić information content (AvgIpc) is 2.59. The molecule has 0 heterocycles. The van der Waals surface area contributed by atoms with Gasteiger partial charge >= 0.3 is 0 Å². The molecule has 3 rings (SSSR count). The molecule has 112 valence electrons. The van der Waals surface area contributed by atoms with E-state index in [1.807, 2.05) is 23.3 Å². The minimum absolute atomic E-state index is 0.580. The summed E-state index contributed by atoms with van der Waals surface area (Å²) in [6.45, 7) is 3.63. The van der Waals surface area contributed by atoms with Gasteiger partial charge in [-0.2, -0.15) is 0 Å². The molecule has 0 saturated carbocycles. The second-order valence-electron chi connectivity index (χ2n) is 5.35. The van der Waals surface area contributed by atoms with Crippen molar-refractivity contribution in [3.05, 3.63) is 78.4 Å². The molecule has 0 saturated heterocycles. The number of benzene rings is 3. The van der Waals surface area contributed by atoms with Crippen molar-refractivity contribution in [2.45, 2.75) is 20.0 Å². The zero-order chi connectivity index (χ0) is 15.2. The maximum Gasteiger partial charge on any atom is 0.101 e. The van der Waals surface area contributed by atoms with Crippen molar-refractivity contribution in [3.63, 3.8) is 0 Å². The summed E-state index contributed by atoms with van der Waals surface area (Å²) in [4.78, 5) is 6.10. The summed E-state index contributed by atoms with van der Waals surface area (Å²) >= 11 is 0. The molecule has 22 heavy (non-hydrogen) atoms. The molecule has 2 nitrogen and oxygen atoms in total. The van der Waals surface area contributed by atoms with Crippen LogP contribution in [-0.4, -0.2) is 6.54 Å². The zero-order valence-electron chi connectivity index (χ0n) is 12.9. The van der Waals surface area contributed by atoms with Gasteiger partial charge in [0.2, 0.25) is 0 Å². The van der Waals surface area contributed by atoms with Crippen molar-refractivity contribution in [1.82, 2.24) is 0 Å². The molecule has 0 amide bonds. The average molecular weight is 291 g/mol. The van der Waals surface area contributed by atoms with Crippen LogP contribution in [0.1, 0.15) is 18.9 Å². The van der Waals surface area contributed by atoms with E-state index in [-0.39, 0.29) is 0 Å². The lowest BCUT2D eigenvalue weighted by molar-refractivity contribution is 0.0952. The van der Waals surface area contributed by atoms with Gasteiger partial charge in [-0.1, -0.05) is 67.6 Å². The van der Waals surface area contributed by atoms with Gasteiger partial charge in [0.25, 0.3) is 0 Å². The van der Waals surface area contributed by atoms with Crippen LogP contribution in [0.2, 0.25) is 0 Å². The zero-order valence-corrected chi connectivity index (χ0v) is 12.9. The second-order valence-corrected chi connectivity index (χ2v) is 5.35. The van der Waals surface area contributed by atoms with Crippen LogP contribution in [0.3, 0.4) is 0 Å². The van der Waals surface area contributed by atoms with Gasteiger partial charge in [0.1, 0.15) is 6.61 Å². The quantitative estimate of drug-likeness (QED) is 0.580. The summed E-state index contributed by atoms with van der Waals surface area (Å²) in [6, 6.07) is 25.1. The minimum Gasteiger partial charge on any atom is -0.269 e. The Morgan fingerprint density at radius 3 is 2.36 bits per heavy atom. The van der Waals surface area contributed by atoms with Crippen molar-refractivity contribution >= 4 is 16.5 Å². The molecular formula is C20H21NO. The van der Waals surface area contributed by atoms with E-state index in [4.69, 9.17) is 4.84 Å². The number of nitrogens with zero attached hydrogens (tertiary/aromatic N) is 1. The lowest BCUT2D eigenvalue weighted by Gasteiger charge is -2.23. The highest BCUT2D eigenvalue weighted by Crippen LogP contribution is 2.21. The molecule has 3 aromatic rings. The Bertz CT molecular complexity index is 719. The van der Waals surface area contributed by atoms with Crippen molar-refractivity contribution in [1.29, 1.82) is 0 Å². The normalized spacial score (nSPS) is 10.8. The molecular weight excluding hydrogens is 270 g/mol. The van der Waals surface area contributed by atoms with Crippen molar-refractivity contribution < 1.29 is 4.84 Å². The maximum atomic E-state index is 6.10. The van der Waals surface area contributed by atoms with E-state index >= 15 is 0 Å². The molecule has 0 fully saturated rings. The first-order valence-corrected chi connectivity index (χ1v) is 7.80. The SMILES string of the molecule is CCCN(OCc1cccc2ccccc12)c1ccccc1. The van der Waals surface area contributed by atoms with Gasteiger partial charge in [0, 0.05) is 6.54 Å². The number of hydrogen-bond acceptors (Lipinski definition) is 2. The molecule has 0 aliphatic heterocycles. The molecule has 2 heteroatoms. The molecule has 0 aliphatic rings. The first-order valence-electron chi connectivity index (χ1n) is 7.80. The van der Waals surface area contributed by atoms with Crippen LogP contribution in [0.15, 0.2) is 72.8 Å². The topological polar surface area (TPSA) is 12.5 Å². The van der Waals surface area contributed by atoms with E-state index in [1.54, 1.807) is 0 Å². The van der Waals surface area contributed by atoms with Crippen molar-refractivity contribution in [2.24, 2.45) is 0 Å². The fourth-order valence-corrected chi connectivity index (χ4v) is 2.63. The minimum atomic E-state index is 0.580. The van der Waals surface area contributed by atoms with Gasteiger partial charge < -0.3 is 0 Å². The van der Waals surface area contributed by atoms with E-state index in [1.165, 1.54) is 16.3 Å². The van der Waals surface area contributed by atoms with E-state index in [0.29, 0.717) is 6.61 Å². The number of hydroxylamine groups is 1. The lowest BCUT2D eigenvalue weighted by Crippen LogP contribution is -2.24. The summed E-state index contributed by atoms with van der Waals surface area (Å²) in [5.41, 5.74) is 2.32. The van der Waals surface area contributed by atoms with E-state index in [0.717, 1.165) is 18.7 Å². The number of rotatable bonds is 6. The fourth-order valence-electron chi connectivity index (χ4n) is 2.63. The maximum absolute atomic E-state index is 6.10. The molecule has 0 N–H and O–H groups in total. The Labute approximate surface area is 131 Å². The predicted molar refractivity (Wildman–Crippen MR) is 92.8 cm³/mol. The molecule has 0 unspecified atom stereocenters. The number of para-hydroxylation sites is 1. The van der Waals surface area contributed by atoms with Crippen LogP contribution in [0.5, 0.6) is 0 Å². The lowest BCUT2D eigenvalue weighted by atomic mass is 10.1. The van der Waals surface area contributed by atoms with Gasteiger partial charge in [-0.15, -0.1) is 0 Å². The van der Waals surface area contributed by atoms with Gasteiger partial charge in [0.05, 0.1) is 5.69 Å². The van der Waals surface area contributed by atoms with Crippen LogP contribution < -0.4 is 5.06 Å². The summed E-state index contributed by atoms with van der Waals surface area (Å²) in [6.07, 6.45) is 1.05. The summed E-state index contributed by atoms with van der Waals surface area (Å²) < 4.78 is 0. The van der Waals surface area contributed by atoms with Gasteiger partial charge in [-0.3, -0.25) is 9.90 Å². The number of fused-ring (bicyclic) bond motifs is 1. The smallest absolute Gasteiger partial charge is 0.101 e. The Hall–Kier alpha value is -2.32. The molecule has 3 aromatic carbocycles. The molecule has 0 aromatic heterocycles. The third-order valence-corrected chi connectivity index (χ3v) is 3.73. The molecule has 0 spiro atoms. The molecule has 0 aliphatic carbocycles. The van der Waals surface area contributed by atoms with Gasteiger partial charge in [0.15, 0.2) is 0 Å². The predicted octanol–water partition coefficient (Wildman–Crippen LogP) is 5.19. The highest BCUT2D eigenvalue weighted by Gasteiger charge is 2.07. The summed E-state index contributed by atoms with van der Waals surface area (Å²) in [7, 11) is 0. The summed E-state index contributed by atoms with van der Waals surface area (Å²) in [5, 5.41) is 4.50. The van der Waals surface area contributed by atoms with Crippen LogP contribution >= 0.6 is 0 Å². The van der Waals surface area contributed by atoms with E-state index in [2.05, 4.69) is 61.5 Å². The highest BCUT2D eigenvalue weighted by atomic mass is 16.7. The Morgan fingerprint density at radius 1 is 0.818 bits per heavy atom. The van der Waals surface area contributed by atoms with Crippen LogP contribution in [0.25, 0.3) is 10.8 Å². The van der Waals surface area contributed by atoms with Crippen molar-refractivity contribution in [3.8, 4) is 0 Å². The monoisotopic (exact) mass is 291 g/mol. The first-order chi connectivity index (χ1) is 10.9. The largest absolute Gasteiger partial charge is 0.269 e. The summed E-state index contributed by atoms with van der Waals surface area (Å²) in [5.74, 6) is 0.